The number of fused-ring (bicyclic) bond motifs is 1. The van der Waals surface area contributed by atoms with Crippen LogP contribution in [0.25, 0.3) is 0 Å². The first kappa shape index (κ1) is 17.6. The van der Waals surface area contributed by atoms with E-state index in [1.807, 2.05) is 0 Å². The fourth-order valence-corrected chi connectivity index (χ4v) is 4.32. The fourth-order valence-electron chi connectivity index (χ4n) is 4.02. The molecule has 0 unspecified atom stereocenters. The third-order valence-electron chi connectivity index (χ3n) is 5.45. The number of rotatable bonds is 5. The lowest BCUT2D eigenvalue weighted by atomic mass is 10.0. The number of amides is 1. The van der Waals surface area contributed by atoms with Crippen LogP contribution in [0, 0.1) is 0 Å². The second kappa shape index (κ2) is 7.45. The van der Waals surface area contributed by atoms with Crippen molar-refractivity contribution in [2.75, 3.05) is 38.1 Å². The number of likely N-dealkylation sites (tertiary alicyclic amines) is 1. The number of hydrogen-bond acceptors (Lipinski definition) is 4. The Bertz CT molecular complexity index is 798. The Labute approximate surface area is 162 Å². The van der Waals surface area contributed by atoms with Crippen LogP contribution in [0.15, 0.2) is 39.4 Å². The van der Waals surface area contributed by atoms with E-state index in [1.54, 1.807) is 12.1 Å². The van der Waals surface area contributed by atoms with Crippen LogP contribution in [0.1, 0.15) is 40.6 Å². The van der Waals surface area contributed by atoms with Crippen molar-refractivity contribution in [3.05, 3.63) is 51.9 Å². The number of furan rings is 1. The van der Waals surface area contributed by atoms with Crippen LogP contribution >= 0.6 is 15.9 Å². The number of carbonyl (C=O) groups is 1. The molecule has 2 aliphatic rings. The van der Waals surface area contributed by atoms with Gasteiger partial charge in [0.05, 0.1) is 6.04 Å². The lowest BCUT2D eigenvalue weighted by molar-refractivity contribution is 0.0909. The molecule has 3 heterocycles. The predicted molar refractivity (Wildman–Crippen MR) is 106 cm³/mol. The predicted octanol–water partition coefficient (Wildman–Crippen LogP) is 3.60. The SMILES string of the molecule is CN1CCc2cc([C@H](CNC(=O)c3ccc(Br)o3)N3CCCC3)ccc21. The lowest BCUT2D eigenvalue weighted by Crippen LogP contribution is -2.36. The summed E-state index contributed by atoms with van der Waals surface area (Å²) in [5.74, 6) is 0.174. The van der Waals surface area contributed by atoms with Gasteiger partial charge < -0.3 is 14.6 Å². The minimum absolute atomic E-state index is 0.166. The van der Waals surface area contributed by atoms with Crippen molar-refractivity contribution >= 4 is 27.5 Å². The number of likely N-dealkylation sites (N-methyl/N-ethyl adjacent to an activating group) is 1. The number of hydrogen-bond donors (Lipinski definition) is 1. The lowest BCUT2D eigenvalue weighted by Gasteiger charge is -2.28. The van der Waals surface area contributed by atoms with Crippen LogP contribution in [0.2, 0.25) is 0 Å². The summed E-state index contributed by atoms with van der Waals surface area (Å²) in [4.78, 5) is 17.2. The van der Waals surface area contributed by atoms with E-state index in [0.29, 0.717) is 17.0 Å². The maximum absolute atomic E-state index is 12.4. The van der Waals surface area contributed by atoms with E-state index in [-0.39, 0.29) is 11.9 Å². The molecule has 2 aliphatic heterocycles. The van der Waals surface area contributed by atoms with Gasteiger partial charge in [-0.15, -0.1) is 0 Å². The Kier molecular flexibility index (Phi) is 5.05. The summed E-state index contributed by atoms with van der Waals surface area (Å²) in [7, 11) is 2.14. The summed E-state index contributed by atoms with van der Waals surface area (Å²) in [6, 6.07) is 10.4. The van der Waals surface area contributed by atoms with E-state index in [4.69, 9.17) is 4.42 Å². The van der Waals surface area contributed by atoms with Crippen molar-refractivity contribution in [2.24, 2.45) is 0 Å². The number of anilines is 1. The highest BCUT2D eigenvalue weighted by Crippen LogP contribution is 2.32. The third-order valence-corrected chi connectivity index (χ3v) is 5.88. The van der Waals surface area contributed by atoms with Gasteiger partial charge in [0, 0.05) is 25.8 Å². The largest absolute Gasteiger partial charge is 0.444 e. The molecule has 0 aliphatic carbocycles. The molecule has 26 heavy (non-hydrogen) atoms. The summed E-state index contributed by atoms with van der Waals surface area (Å²) in [5, 5.41) is 3.06. The molecular weight excluding hydrogens is 394 g/mol. The van der Waals surface area contributed by atoms with Crippen LogP contribution in [-0.2, 0) is 6.42 Å². The van der Waals surface area contributed by atoms with Crippen molar-refractivity contribution in [1.29, 1.82) is 0 Å². The van der Waals surface area contributed by atoms with Crippen molar-refractivity contribution < 1.29 is 9.21 Å². The molecule has 1 N–H and O–H groups in total. The Hall–Kier alpha value is -1.79. The van der Waals surface area contributed by atoms with Gasteiger partial charge in [0.2, 0.25) is 0 Å². The molecule has 0 bridgehead atoms. The molecule has 6 heteroatoms. The van der Waals surface area contributed by atoms with Crippen molar-refractivity contribution in [3.8, 4) is 0 Å². The average molecular weight is 418 g/mol. The molecule has 1 saturated heterocycles. The summed E-state index contributed by atoms with van der Waals surface area (Å²) in [6.07, 6.45) is 3.55. The second-order valence-corrected chi connectivity index (χ2v) is 7.91. The molecule has 0 spiro atoms. The summed E-state index contributed by atoms with van der Waals surface area (Å²) in [6.45, 7) is 3.84. The molecule has 2 aromatic rings. The standard InChI is InChI=1S/C20H24BrN3O2/c1-23-11-8-15-12-14(4-5-16(15)23)17(24-9-2-3-10-24)13-22-20(25)18-6-7-19(21)26-18/h4-7,12,17H,2-3,8-11,13H2,1H3,(H,22,25)/t17-/m0/s1. The first-order valence-electron chi connectivity index (χ1n) is 9.23. The Morgan fingerprint density at radius 3 is 2.77 bits per heavy atom. The van der Waals surface area contributed by atoms with E-state index >= 15 is 0 Å². The normalized spacial score (nSPS) is 18.2. The van der Waals surface area contributed by atoms with Crippen LogP contribution < -0.4 is 10.2 Å². The molecule has 1 aromatic heterocycles. The molecule has 1 amide bonds. The average Bonchev–Trinajstić information content (AvgIpc) is 3.37. The first-order valence-corrected chi connectivity index (χ1v) is 10.0. The molecule has 1 aromatic carbocycles. The second-order valence-electron chi connectivity index (χ2n) is 7.13. The van der Waals surface area contributed by atoms with Gasteiger partial charge in [-0.1, -0.05) is 12.1 Å². The van der Waals surface area contributed by atoms with Gasteiger partial charge in [-0.25, -0.2) is 0 Å². The minimum Gasteiger partial charge on any atom is -0.444 e. The van der Waals surface area contributed by atoms with E-state index in [2.05, 4.69) is 56.3 Å². The maximum Gasteiger partial charge on any atom is 0.287 e. The fraction of sp³-hybridized carbons (Fsp3) is 0.450. The zero-order valence-electron chi connectivity index (χ0n) is 15.0. The zero-order chi connectivity index (χ0) is 18.1. The quantitative estimate of drug-likeness (QED) is 0.806. The van der Waals surface area contributed by atoms with Crippen molar-refractivity contribution in [3.63, 3.8) is 0 Å². The molecule has 1 fully saturated rings. The van der Waals surface area contributed by atoms with Gasteiger partial charge in [0.15, 0.2) is 10.4 Å². The van der Waals surface area contributed by atoms with Gasteiger partial charge in [-0.3, -0.25) is 9.69 Å². The number of carbonyl (C=O) groups excluding carboxylic acids is 1. The number of benzene rings is 1. The van der Waals surface area contributed by atoms with E-state index in [1.165, 1.54) is 29.7 Å². The van der Waals surface area contributed by atoms with Gasteiger partial charge in [-0.05, 0) is 77.6 Å². The summed E-state index contributed by atoms with van der Waals surface area (Å²) in [5.41, 5.74) is 4.04. The maximum atomic E-state index is 12.4. The van der Waals surface area contributed by atoms with E-state index < -0.39 is 0 Å². The van der Waals surface area contributed by atoms with Crippen molar-refractivity contribution in [2.45, 2.75) is 25.3 Å². The van der Waals surface area contributed by atoms with Crippen LogP contribution in [-0.4, -0.2) is 44.0 Å². The highest BCUT2D eigenvalue weighted by Gasteiger charge is 2.26. The van der Waals surface area contributed by atoms with Crippen LogP contribution in [0.3, 0.4) is 0 Å². The third kappa shape index (κ3) is 3.53. The van der Waals surface area contributed by atoms with Gasteiger partial charge >= 0.3 is 0 Å². The van der Waals surface area contributed by atoms with Gasteiger partial charge in [0.1, 0.15) is 0 Å². The minimum atomic E-state index is -0.166. The molecular formula is C20H24BrN3O2. The van der Waals surface area contributed by atoms with Crippen molar-refractivity contribution in [1.82, 2.24) is 10.2 Å². The Morgan fingerprint density at radius 1 is 1.23 bits per heavy atom. The molecule has 1 atom stereocenters. The topological polar surface area (TPSA) is 48.7 Å². The molecule has 4 rings (SSSR count). The number of nitrogens with one attached hydrogen (secondary N) is 1. The number of halogens is 1. The Balaban J connectivity index is 1.52. The number of nitrogens with zero attached hydrogens (tertiary/aromatic N) is 2. The highest BCUT2D eigenvalue weighted by molar-refractivity contribution is 9.10. The first-order chi connectivity index (χ1) is 12.6. The smallest absolute Gasteiger partial charge is 0.287 e. The molecule has 0 radical (unpaired) electrons. The summed E-state index contributed by atoms with van der Waals surface area (Å²) < 4.78 is 5.94. The monoisotopic (exact) mass is 417 g/mol. The molecule has 5 nitrogen and oxygen atoms in total. The molecule has 138 valence electrons. The van der Waals surface area contributed by atoms with Gasteiger partial charge in [0.25, 0.3) is 5.91 Å². The summed E-state index contributed by atoms with van der Waals surface area (Å²) >= 11 is 3.25. The van der Waals surface area contributed by atoms with Gasteiger partial charge in [-0.2, -0.15) is 0 Å². The zero-order valence-corrected chi connectivity index (χ0v) is 16.6. The van der Waals surface area contributed by atoms with E-state index in [0.717, 1.165) is 26.1 Å². The van der Waals surface area contributed by atoms with Crippen LogP contribution in [0.4, 0.5) is 5.69 Å². The van der Waals surface area contributed by atoms with Crippen LogP contribution in [0.5, 0.6) is 0 Å². The molecule has 0 saturated carbocycles. The Morgan fingerprint density at radius 2 is 2.04 bits per heavy atom. The highest BCUT2D eigenvalue weighted by atomic mass is 79.9. The van der Waals surface area contributed by atoms with E-state index in [9.17, 15) is 4.79 Å².